The van der Waals surface area contributed by atoms with E-state index in [-0.39, 0.29) is 30.0 Å². The minimum absolute atomic E-state index is 0.0182. The summed E-state index contributed by atoms with van der Waals surface area (Å²) in [4.78, 5) is 27.5. The first kappa shape index (κ1) is 22.3. The van der Waals surface area contributed by atoms with Crippen LogP contribution >= 0.6 is 0 Å². The molecule has 0 saturated heterocycles. The van der Waals surface area contributed by atoms with Crippen molar-refractivity contribution in [1.82, 2.24) is 10.3 Å². The molecule has 2 atom stereocenters. The van der Waals surface area contributed by atoms with Crippen LogP contribution in [-0.2, 0) is 11.2 Å². The zero-order valence-electron chi connectivity index (χ0n) is 18.7. The van der Waals surface area contributed by atoms with E-state index < -0.39 is 4.92 Å². The molecule has 0 aliphatic heterocycles. The van der Waals surface area contributed by atoms with Crippen LogP contribution in [0.15, 0.2) is 79.0 Å². The molecule has 0 aliphatic carbocycles. The molecule has 168 valence electrons. The van der Waals surface area contributed by atoms with Gasteiger partial charge in [0.15, 0.2) is 0 Å². The van der Waals surface area contributed by atoms with Crippen LogP contribution in [0.25, 0.3) is 10.9 Å². The zero-order chi connectivity index (χ0) is 23.4. The first-order valence-electron chi connectivity index (χ1n) is 11.2. The van der Waals surface area contributed by atoms with Gasteiger partial charge in [-0.1, -0.05) is 67.6 Å². The van der Waals surface area contributed by atoms with Crippen LogP contribution in [0.3, 0.4) is 0 Å². The number of nitro groups is 1. The first-order chi connectivity index (χ1) is 16.0. The van der Waals surface area contributed by atoms with E-state index in [1.165, 1.54) is 11.6 Å². The number of carbonyl (C=O) groups excluding carboxylic acids is 1. The Morgan fingerprint density at radius 1 is 1.03 bits per heavy atom. The van der Waals surface area contributed by atoms with E-state index in [4.69, 9.17) is 0 Å². The van der Waals surface area contributed by atoms with Gasteiger partial charge in [0.1, 0.15) is 0 Å². The van der Waals surface area contributed by atoms with Gasteiger partial charge in [-0.3, -0.25) is 14.9 Å². The van der Waals surface area contributed by atoms with Crippen LogP contribution in [-0.4, -0.2) is 15.8 Å². The maximum Gasteiger partial charge on any atom is 0.269 e. The lowest BCUT2D eigenvalue weighted by molar-refractivity contribution is -0.384. The van der Waals surface area contributed by atoms with Gasteiger partial charge in [0.05, 0.1) is 11.0 Å². The topological polar surface area (TPSA) is 88.0 Å². The summed E-state index contributed by atoms with van der Waals surface area (Å²) in [6.45, 7) is 4.06. The minimum Gasteiger partial charge on any atom is -0.361 e. The molecule has 1 aromatic heterocycles. The standard InChI is InChI=1S/C27H27N3O3/c1-3-19-11-8-14-23-25(17-28-27(19)23)24(21-12-7-13-22(15-21)30(32)33)16-26(31)29-18(2)20-9-5-4-6-10-20/h4-15,17-18,24,28H,3,16H2,1-2H3,(H,29,31)/t18-,24+/m1/s1. The number of nitrogens with one attached hydrogen (secondary N) is 2. The van der Waals surface area contributed by atoms with Crippen molar-refractivity contribution >= 4 is 22.5 Å². The highest BCUT2D eigenvalue weighted by Gasteiger charge is 2.24. The predicted molar refractivity (Wildman–Crippen MR) is 130 cm³/mol. The Labute approximate surface area is 192 Å². The van der Waals surface area contributed by atoms with Gasteiger partial charge in [0.2, 0.25) is 5.91 Å². The molecule has 3 aromatic carbocycles. The van der Waals surface area contributed by atoms with Gasteiger partial charge in [0.25, 0.3) is 5.69 Å². The van der Waals surface area contributed by atoms with Crippen LogP contribution in [0.5, 0.6) is 0 Å². The summed E-state index contributed by atoms with van der Waals surface area (Å²) >= 11 is 0. The quantitative estimate of drug-likeness (QED) is 0.258. The average molecular weight is 442 g/mol. The Morgan fingerprint density at radius 3 is 2.48 bits per heavy atom. The number of H-pyrrole nitrogens is 1. The normalized spacial score (nSPS) is 12.9. The van der Waals surface area contributed by atoms with E-state index in [0.717, 1.165) is 34.0 Å². The van der Waals surface area contributed by atoms with E-state index in [2.05, 4.69) is 23.3 Å². The van der Waals surface area contributed by atoms with E-state index in [1.54, 1.807) is 12.1 Å². The van der Waals surface area contributed by atoms with Crippen molar-refractivity contribution in [2.24, 2.45) is 0 Å². The fourth-order valence-electron chi connectivity index (χ4n) is 4.40. The average Bonchev–Trinajstić information content (AvgIpc) is 3.27. The van der Waals surface area contributed by atoms with Gasteiger partial charge in [-0.05, 0) is 35.6 Å². The zero-order valence-corrected chi connectivity index (χ0v) is 18.7. The van der Waals surface area contributed by atoms with Crippen molar-refractivity contribution in [1.29, 1.82) is 0 Å². The fraction of sp³-hybridized carbons (Fsp3) is 0.222. The number of rotatable bonds is 8. The van der Waals surface area contributed by atoms with Crippen LogP contribution in [0.1, 0.15) is 54.5 Å². The van der Waals surface area contributed by atoms with Gasteiger partial charge in [-0.15, -0.1) is 0 Å². The molecule has 6 heteroatoms. The second-order valence-electron chi connectivity index (χ2n) is 8.25. The number of carbonyl (C=O) groups is 1. The maximum atomic E-state index is 13.1. The van der Waals surface area contributed by atoms with Gasteiger partial charge in [0, 0.05) is 41.6 Å². The number of aryl methyl sites for hydroxylation is 1. The number of hydrogen-bond donors (Lipinski definition) is 2. The second kappa shape index (κ2) is 9.69. The summed E-state index contributed by atoms with van der Waals surface area (Å²) in [5, 5.41) is 15.5. The van der Waals surface area contributed by atoms with Crippen molar-refractivity contribution in [2.45, 2.75) is 38.6 Å². The van der Waals surface area contributed by atoms with Gasteiger partial charge in [-0.25, -0.2) is 0 Å². The Kier molecular flexibility index (Phi) is 6.54. The number of benzene rings is 3. The molecule has 2 N–H and O–H groups in total. The number of aromatic amines is 1. The number of non-ortho nitro benzene ring substituents is 1. The monoisotopic (exact) mass is 441 g/mol. The van der Waals surface area contributed by atoms with E-state index in [9.17, 15) is 14.9 Å². The number of aromatic nitrogens is 1. The molecule has 1 amide bonds. The van der Waals surface area contributed by atoms with E-state index in [0.29, 0.717) is 0 Å². The van der Waals surface area contributed by atoms with Crippen molar-refractivity contribution in [3.8, 4) is 0 Å². The smallest absolute Gasteiger partial charge is 0.269 e. The summed E-state index contributed by atoms with van der Waals surface area (Å²) in [5.74, 6) is -0.433. The van der Waals surface area contributed by atoms with Crippen molar-refractivity contribution in [3.05, 3.63) is 111 Å². The third-order valence-electron chi connectivity index (χ3n) is 6.14. The molecule has 33 heavy (non-hydrogen) atoms. The molecule has 1 heterocycles. The molecule has 0 spiro atoms. The molecule has 6 nitrogen and oxygen atoms in total. The Bertz CT molecular complexity index is 1280. The molecule has 0 fully saturated rings. The molecule has 0 radical (unpaired) electrons. The number of nitrogens with zero attached hydrogens (tertiary/aromatic N) is 1. The van der Waals surface area contributed by atoms with Crippen LogP contribution in [0, 0.1) is 10.1 Å². The third-order valence-corrected chi connectivity index (χ3v) is 6.14. The van der Waals surface area contributed by atoms with Gasteiger partial charge < -0.3 is 10.3 Å². The summed E-state index contributed by atoms with van der Waals surface area (Å²) < 4.78 is 0. The van der Waals surface area contributed by atoms with E-state index >= 15 is 0 Å². The maximum absolute atomic E-state index is 13.1. The van der Waals surface area contributed by atoms with Crippen molar-refractivity contribution < 1.29 is 9.72 Å². The lowest BCUT2D eigenvalue weighted by atomic mass is 9.87. The number of fused-ring (bicyclic) bond motifs is 1. The predicted octanol–water partition coefficient (Wildman–Crippen LogP) is 6.04. The van der Waals surface area contributed by atoms with Crippen molar-refractivity contribution in [3.63, 3.8) is 0 Å². The highest BCUT2D eigenvalue weighted by molar-refractivity contribution is 5.88. The molecular weight excluding hydrogens is 414 g/mol. The van der Waals surface area contributed by atoms with Gasteiger partial charge in [-0.2, -0.15) is 0 Å². The Morgan fingerprint density at radius 2 is 1.76 bits per heavy atom. The highest BCUT2D eigenvalue weighted by Crippen LogP contribution is 2.36. The molecule has 0 bridgehead atoms. The SMILES string of the molecule is CCc1cccc2c([C@@H](CC(=O)N[C@H](C)c3ccccc3)c3cccc([N+](=O)[O-])c3)c[nH]c12. The van der Waals surface area contributed by atoms with Crippen molar-refractivity contribution in [2.75, 3.05) is 0 Å². The Hall–Kier alpha value is -3.93. The number of para-hydroxylation sites is 1. The molecule has 0 unspecified atom stereocenters. The number of hydrogen-bond acceptors (Lipinski definition) is 3. The minimum atomic E-state index is -0.400. The summed E-state index contributed by atoms with van der Waals surface area (Å²) in [6.07, 6.45) is 3.00. The Balaban J connectivity index is 1.70. The second-order valence-corrected chi connectivity index (χ2v) is 8.25. The molecular formula is C27H27N3O3. The van der Waals surface area contributed by atoms with Crippen LogP contribution < -0.4 is 5.32 Å². The highest BCUT2D eigenvalue weighted by atomic mass is 16.6. The molecule has 4 rings (SSSR count). The molecule has 4 aromatic rings. The summed E-state index contributed by atoms with van der Waals surface area (Å²) in [6, 6.07) is 22.4. The van der Waals surface area contributed by atoms with Gasteiger partial charge >= 0.3 is 0 Å². The number of nitro benzene ring substituents is 1. The summed E-state index contributed by atoms with van der Waals surface area (Å²) in [7, 11) is 0. The molecule has 0 saturated carbocycles. The lowest BCUT2D eigenvalue weighted by Gasteiger charge is -2.20. The molecule has 0 aliphatic rings. The fourth-order valence-corrected chi connectivity index (χ4v) is 4.40. The summed E-state index contributed by atoms with van der Waals surface area (Å²) in [5.41, 5.74) is 4.99. The number of amides is 1. The largest absolute Gasteiger partial charge is 0.361 e. The first-order valence-corrected chi connectivity index (χ1v) is 11.2. The van der Waals surface area contributed by atoms with E-state index in [1.807, 2.05) is 61.7 Å². The third kappa shape index (κ3) is 4.80. The lowest BCUT2D eigenvalue weighted by Crippen LogP contribution is -2.28. The van der Waals surface area contributed by atoms with Crippen LogP contribution in [0.2, 0.25) is 0 Å². The van der Waals surface area contributed by atoms with Crippen LogP contribution in [0.4, 0.5) is 5.69 Å².